The van der Waals surface area contributed by atoms with Gasteiger partial charge in [-0.2, -0.15) is 0 Å². The summed E-state index contributed by atoms with van der Waals surface area (Å²) in [7, 11) is 0. The summed E-state index contributed by atoms with van der Waals surface area (Å²) in [5.41, 5.74) is 7.80. The third-order valence-electron chi connectivity index (χ3n) is 7.76. The normalized spacial score (nSPS) is 24.7. The molecule has 0 radical (unpaired) electrons. The molecule has 2 aliphatic rings. The molecule has 0 heterocycles. The Balaban J connectivity index is 1.62. The van der Waals surface area contributed by atoms with E-state index in [2.05, 4.69) is 107 Å². The fraction of sp³-hybridized carbons (Fsp3) is 0.241. The van der Waals surface area contributed by atoms with E-state index in [1.54, 1.807) is 11.1 Å². The quantitative estimate of drug-likeness (QED) is 0.281. The summed E-state index contributed by atoms with van der Waals surface area (Å²) < 4.78 is 0. The maximum atomic E-state index is 3.97. The summed E-state index contributed by atoms with van der Waals surface area (Å²) in [6.45, 7) is 0. The molecule has 0 saturated heterocycles. The van der Waals surface area contributed by atoms with E-state index in [9.17, 15) is 0 Å². The molecule has 1 heteroatoms. The van der Waals surface area contributed by atoms with Crippen molar-refractivity contribution in [3.05, 3.63) is 119 Å². The summed E-state index contributed by atoms with van der Waals surface area (Å²) >= 11 is 3.97. The highest BCUT2D eigenvalue weighted by atomic mass is 79.9. The maximum absolute atomic E-state index is 3.97. The standard InChI is InChI=1S/C29H25Br/c30-19-28-27-12-6-5-10-23(27)17-26-16-22-9-3-4-11-24(22)18-29(26,28)25-14-13-20-7-1-2-8-21(20)15-25/h1-15,26,28H,16-19H2/t26?,28-,29-/m1/s1. The van der Waals surface area contributed by atoms with Gasteiger partial charge in [-0.3, -0.25) is 0 Å². The Labute approximate surface area is 187 Å². The van der Waals surface area contributed by atoms with E-state index in [0.717, 1.165) is 11.8 Å². The largest absolute Gasteiger partial charge is 0.0921 e. The monoisotopic (exact) mass is 452 g/mol. The van der Waals surface area contributed by atoms with E-state index in [1.807, 2.05) is 0 Å². The second kappa shape index (κ2) is 7.10. The van der Waals surface area contributed by atoms with Gasteiger partial charge in [0.25, 0.3) is 0 Å². The summed E-state index contributed by atoms with van der Waals surface area (Å²) in [6, 6.07) is 34.3. The van der Waals surface area contributed by atoms with E-state index in [-0.39, 0.29) is 5.41 Å². The fourth-order valence-electron chi connectivity index (χ4n) is 6.34. The van der Waals surface area contributed by atoms with Crippen LogP contribution >= 0.6 is 15.9 Å². The van der Waals surface area contributed by atoms with Crippen LogP contribution in [-0.2, 0) is 24.7 Å². The lowest BCUT2D eigenvalue weighted by Crippen LogP contribution is -2.51. The lowest BCUT2D eigenvalue weighted by molar-refractivity contribution is 0.190. The molecule has 4 aromatic carbocycles. The molecule has 2 aliphatic carbocycles. The number of fused-ring (bicyclic) bond motifs is 4. The highest BCUT2D eigenvalue weighted by molar-refractivity contribution is 9.09. The summed E-state index contributed by atoms with van der Waals surface area (Å²) in [6.07, 6.45) is 3.46. The molecule has 30 heavy (non-hydrogen) atoms. The topological polar surface area (TPSA) is 0 Å². The molecular weight excluding hydrogens is 428 g/mol. The van der Waals surface area contributed by atoms with Crippen LogP contribution in [0.15, 0.2) is 91.0 Å². The number of rotatable bonds is 2. The van der Waals surface area contributed by atoms with Crippen LogP contribution in [0.2, 0.25) is 0 Å². The Morgan fingerprint density at radius 3 is 2.20 bits per heavy atom. The Morgan fingerprint density at radius 2 is 1.37 bits per heavy atom. The molecule has 1 unspecified atom stereocenters. The van der Waals surface area contributed by atoms with Crippen molar-refractivity contribution in [3.63, 3.8) is 0 Å². The molecule has 6 rings (SSSR count). The molecule has 148 valence electrons. The second-order valence-electron chi connectivity index (χ2n) is 9.06. The first-order valence-corrected chi connectivity index (χ1v) is 12.1. The van der Waals surface area contributed by atoms with Crippen LogP contribution in [0, 0.1) is 5.92 Å². The zero-order valence-corrected chi connectivity index (χ0v) is 18.6. The minimum atomic E-state index is 0.121. The fourth-order valence-corrected chi connectivity index (χ4v) is 7.27. The Bertz CT molecular complexity index is 1240. The van der Waals surface area contributed by atoms with Gasteiger partial charge in [-0.05, 0) is 63.8 Å². The summed E-state index contributed by atoms with van der Waals surface area (Å²) in [5, 5.41) is 3.68. The molecule has 0 bridgehead atoms. The Hall–Kier alpha value is -2.38. The van der Waals surface area contributed by atoms with Gasteiger partial charge in [0.05, 0.1) is 0 Å². The van der Waals surface area contributed by atoms with Gasteiger partial charge in [-0.1, -0.05) is 107 Å². The van der Waals surface area contributed by atoms with Gasteiger partial charge >= 0.3 is 0 Å². The van der Waals surface area contributed by atoms with Gasteiger partial charge in [0.1, 0.15) is 0 Å². The minimum Gasteiger partial charge on any atom is -0.0921 e. The van der Waals surface area contributed by atoms with Crippen molar-refractivity contribution in [2.75, 3.05) is 5.33 Å². The molecule has 0 spiro atoms. The van der Waals surface area contributed by atoms with Gasteiger partial charge in [0.15, 0.2) is 0 Å². The Kier molecular flexibility index (Phi) is 4.35. The van der Waals surface area contributed by atoms with Crippen molar-refractivity contribution in [2.24, 2.45) is 5.92 Å². The first-order chi connectivity index (χ1) is 14.8. The lowest BCUT2D eigenvalue weighted by Gasteiger charge is -2.53. The second-order valence-corrected chi connectivity index (χ2v) is 9.71. The molecule has 0 saturated carbocycles. The van der Waals surface area contributed by atoms with Gasteiger partial charge < -0.3 is 0 Å². The lowest BCUT2D eigenvalue weighted by atomic mass is 9.50. The van der Waals surface area contributed by atoms with Gasteiger partial charge in [0, 0.05) is 16.7 Å². The maximum Gasteiger partial charge on any atom is 0.0109 e. The smallest absolute Gasteiger partial charge is 0.0109 e. The van der Waals surface area contributed by atoms with Gasteiger partial charge in [-0.25, -0.2) is 0 Å². The SMILES string of the molecule is BrC[C@@H]1c2ccccc2CC2Cc3ccccc3C[C@@]21c1ccc2ccccc2c1. The number of alkyl halides is 1. The van der Waals surface area contributed by atoms with E-state index in [4.69, 9.17) is 0 Å². The number of halogens is 1. The van der Waals surface area contributed by atoms with Crippen molar-refractivity contribution in [1.82, 2.24) is 0 Å². The molecular formula is C29H25Br. The van der Waals surface area contributed by atoms with Crippen LogP contribution in [0.1, 0.15) is 33.7 Å². The summed E-state index contributed by atoms with van der Waals surface area (Å²) in [5.74, 6) is 1.09. The van der Waals surface area contributed by atoms with Crippen LogP contribution in [0.4, 0.5) is 0 Å². The predicted molar refractivity (Wildman–Crippen MR) is 130 cm³/mol. The number of hydrogen-bond donors (Lipinski definition) is 0. The van der Waals surface area contributed by atoms with Gasteiger partial charge in [0.2, 0.25) is 0 Å². The highest BCUT2D eigenvalue weighted by Crippen LogP contribution is 2.56. The zero-order chi connectivity index (χ0) is 20.1. The minimum absolute atomic E-state index is 0.121. The van der Waals surface area contributed by atoms with E-state index < -0.39 is 0 Å². The molecule has 0 N–H and O–H groups in total. The van der Waals surface area contributed by atoms with Crippen molar-refractivity contribution in [2.45, 2.75) is 30.6 Å². The number of benzene rings is 4. The van der Waals surface area contributed by atoms with E-state index in [1.165, 1.54) is 40.3 Å². The molecule has 0 aromatic heterocycles. The van der Waals surface area contributed by atoms with Gasteiger partial charge in [-0.15, -0.1) is 0 Å². The average Bonchev–Trinajstić information content (AvgIpc) is 2.80. The van der Waals surface area contributed by atoms with Crippen LogP contribution in [0.5, 0.6) is 0 Å². The third kappa shape index (κ3) is 2.65. The first kappa shape index (κ1) is 18.4. The van der Waals surface area contributed by atoms with Crippen LogP contribution in [0.3, 0.4) is 0 Å². The average molecular weight is 453 g/mol. The van der Waals surface area contributed by atoms with Crippen molar-refractivity contribution < 1.29 is 0 Å². The third-order valence-corrected chi connectivity index (χ3v) is 8.40. The number of hydrogen-bond acceptors (Lipinski definition) is 0. The molecule has 0 nitrogen and oxygen atoms in total. The van der Waals surface area contributed by atoms with Crippen LogP contribution in [-0.4, -0.2) is 5.33 Å². The Morgan fingerprint density at radius 1 is 0.700 bits per heavy atom. The molecule has 0 fully saturated rings. The van der Waals surface area contributed by atoms with E-state index >= 15 is 0 Å². The zero-order valence-electron chi connectivity index (χ0n) is 17.0. The molecule has 4 aromatic rings. The van der Waals surface area contributed by atoms with Crippen LogP contribution in [0.25, 0.3) is 10.8 Å². The van der Waals surface area contributed by atoms with Crippen LogP contribution < -0.4 is 0 Å². The molecule has 0 aliphatic heterocycles. The summed E-state index contributed by atoms with van der Waals surface area (Å²) in [4.78, 5) is 0. The molecule has 0 amide bonds. The van der Waals surface area contributed by atoms with Crippen molar-refractivity contribution in [3.8, 4) is 0 Å². The highest BCUT2D eigenvalue weighted by Gasteiger charge is 2.52. The molecule has 3 atom stereocenters. The van der Waals surface area contributed by atoms with Crippen molar-refractivity contribution >= 4 is 26.7 Å². The van der Waals surface area contributed by atoms with Crippen molar-refractivity contribution in [1.29, 1.82) is 0 Å². The predicted octanol–water partition coefficient (Wildman–Crippen LogP) is 7.23. The van der Waals surface area contributed by atoms with E-state index in [0.29, 0.717) is 11.8 Å². The first-order valence-electron chi connectivity index (χ1n) is 11.0.